The number of fused-ring (bicyclic) bond motifs is 1. The van der Waals surface area contributed by atoms with Gasteiger partial charge in [-0.3, -0.25) is 9.59 Å². The molecule has 158 valence electrons. The van der Waals surface area contributed by atoms with Gasteiger partial charge >= 0.3 is 0 Å². The van der Waals surface area contributed by atoms with Crippen molar-refractivity contribution < 1.29 is 9.59 Å². The number of nitrogens with zero attached hydrogens (tertiary/aromatic N) is 3. The van der Waals surface area contributed by atoms with Gasteiger partial charge in [0.2, 0.25) is 11.8 Å². The van der Waals surface area contributed by atoms with Gasteiger partial charge in [-0.05, 0) is 63.1 Å². The van der Waals surface area contributed by atoms with E-state index in [1.807, 2.05) is 74.7 Å². The van der Waals surface area contributed by atoms with Gasteiger partial charge < -0.3 is 14.8 Å². The molecule has 30 heavy (non-hydrogen) atoms. The summed E-state index contributed by atoms with van der Waals surface area (Å²) in [7, 11) is 0. The molecule has 0 radical (unpaired) electrons. The normalized spacial score (nSPS) is 10.9. The van der Waals surface area contributed by atoms with E-state index < -0.39 is 0 Å². The Hall–Kier alpha value is -2.80. The number of rotatable bonds is 8. The Balaban J connectivity index is 1.75. The van der Waals surface area contributed by atoms with Crippen LogP contribution in [-0.4, -0.2) is 45.1 Å². The number of likely N-dealkylation sites (N-methyl/N-ethyl adjacent to an activating group) is 1. The summed E-state index contributed by atoms with van der Waals surface area (Å²) in [4.78, 5) is 31.6. The van der Waals surface area contributed by atoms with Gasteiger partial charge in [0.25, 0.3) is 0 Å². The molecule has 2 aromatic carbocycles. The van der Waals surface area contributed by atoms with Crippen molar-refractivity contribution in [3.05, 3.63) is 53.6 Å². The maximum atomic E-state index is 12.7. The molecule has 0 spiro atoms. The molecule has 0 bridgehead atoms. The first kappa shape index (κ1) is 21.9. The Bertz CT molecular complexity index is 1060. The number of carbonyl (C=O) groups is 2. The number of carbonyl (C=O) groups excluding carboxylic acids is 2. The molecule has 3 rings (SSSR count). The van der Waals surface area contributed by atoms with E-state index in [1.165, 1.54) is 17.3 Å². The Morgan fingerprint density at radius 2 is 1.80 bits per heavy atom. The monoisotopic (exact) mass is 424 g/mol. The molecule has 0 aliphatic rings. The summed E-state index contributed by atoms with van der Waals surface area (Å²) in [6, 6.07) is 13.6. The number of para-hydroxylation sites is 2. The summed E-state index contributed by atoms with van der Waals surface area (Å²) in [5.41, 5.74) is 4.83. The summed E-state index contributed by atoms with van der Waals surface area (Å²) >= 11 is 1.35. The van der Waals surface area contributed by atoms with E-state index in [-0.39, 0.29) is 24.1 Å². The quantitative estimate of drug-likeness (QED) is 0.549. The molecule has 6 nitrogen and oxygen atoms in total. The minimum Gasteiger partial charge on any atom is -0.342 e. The van der Waals surface area contributed by atoms with Crippen LogP contribution in [0.25, 0.3) is 11.0 Å². The molecule has 2 amide bonds. The van der Waals surface area contributed by atoms with Crippen LogP contribution in [0.1, 0.15) is 25.0 Å². The number of anilines is 1. The number of imidazole rings is 1. The van der Waals surface area contributed by atoms with Gasteiger partial charge in [-0.1, -0.05) is 30.0 Å². The van der Waals surface area contributed by atoms with E-state index in [1.54, 1.807) is 4.90 Å². The van der Waals surface area contributed by atoms with Gasteiger partial charge in [0.15, 0.2) is 5.16 Å². The molecule has 0 aliphatic carbocycles. The average Bonchev–Trinajstić information content (AvgIpc) is 3.07. The van der Waals surface area contributed by atoms with Crippen molar-refractivity contribution in [3.8, 4) is 0 Å². The van der Waals surface area contributed by atoms with Crippen molar-refractivity contribution in [1.82, 2.24) is 14.5 Å². The van der Waals surface area contributed by atoms with Crippen molar-refractivity contribution in [3.63, 3.8) is 0 Å². The van der Waals surface area contributed by atoms with Gasteiger partial charge in [-0.25, -0.2) is 4.98 Å². The topological polar surface area (TPSA) is 67.2 Å². The maximum Gasteiger partial charge on any atom is 0.242 e. The van der Waals surface area contributed by atoms with E-state index in [2.05, 4.69) is 10.3 Å². The maximum absolute atomic E-state index is 12.7. The highest BCUT2D eigenvalue weighted by atomic mass is 32.2. The first-order valence-corrected chi connectivity index (χ1v) is 11.1. The standard InChI is InChI=1S/C23H28N4O2S/c1-5-26(6-2)22(29)14-27-20-10-8-7-9-19(20)25-23(27)30-15-21(28)24-18-12-11-16(3)17(4)13-18/h7-13H,5-6,14-15H2,1-4H3,(H,24,28). The molecule has 0 saturated heterocycles. The molecule has 1 N–H and O–H groups in total. The molecule has 0 fully saturated rings. The van der Waals surface area contributed by atoms with Gasteiger partial charge in [0.05, 0.1) is 16.8 Å². The fourth-order valence-electron chi connectivity index (χ4n) is 3.27. The van der Waals surface area contributed by atoms with Crippen LogP contribution in [0.5, 0.6) is 0 Å². The number of nitrogens with one attached hydrogen (secondary N) is 1. The predicted octanol–water partition coefficient (Wildman–Crippen LogP) is 4.25. The van der Waals surface area contributed by atoms with Crippen molar-refractivity contribution >= 4 is 40.3 Å². The van der Waals surface area contributed by atoms with E-state index in [9.17, 15) is 9.59 Å². The zero-order chi connectivity index (χ0) is 21.7. The lowest BCUT2D eigenvalue weighted by Gasteiger charge is -2.19. The van der Waals surface area contributed by atoms with Gasteiger partial charge in [0.1, 0.15) is 6.54 Å². The van der Waals surface area contributed by atoms with Crippen LogP contribution in [0.4, 0.5) is 5.69 Å². The van der Waals surface area contributed by atoms with Crippen molar-refractivity contribution in [2.45, 2.75) is 39.4 Å². The van der Waals surface area contributed by atoms with Crippen molar-refractivity contribution in [1.29, 1.82) is 0 Å². The van der Waals surface area contributed by atoms with Gasteiger partial charge in [-0.15, -0.1) is 0 Å². The molecule has 0 aliphatic heterocycles. The van der Waals surface area contributed by atoms with Crippen LogP contribution in [0.2, 0.25) is 0 Å². The van der Waals surface area contributed by atoms with Gasteiger partial charge in [-0.2, -0.15) is 0 Å². The minimum atomic E-state index is -0.100. The number of hydrogen-bond donors (Lipinski definition) is 1. The third-order valence-corrected chi connectivity index (χ3v) is 6.13. The summed E-state index contributed by atoms with van der Waals surface area (Å²) in [6.07, 6.45) is 0. The van der Waals surface area contributed by atoms with Crippen molar-refractivity contribution in [2.75, 3.05) is 24.2 Å². The number of benzene rings is 2. The second-order valence-electron chi connectivity index (χ2n) is 7.17. The zero-order valence-corrected chi connectivity index (χ0v) is 18.8. The van der Waals surface area contributed by atoms with Gasteiger partial charge in [0, 0.05) is 18.8 Å². The summed E-state index contributed by atoms with van der Waals surface area (Å²) < 4.78 is 1.91. The van der Waals surface area contributed by atoms with Crippen LogP contribution in [-0.2, 0) is 16.1 Å². The number of thioether (sulfide) groups is 1. The summed E-state index contributed by atoms with van der Waals surface area (Å²) in [5, 5.41) is 3.61. The molecular weight excluding hydrogens is 396 g/mol. The van der Waals surface area contributed by atoms with Crippen LogP contribution >= 0.6 is 11.8 Å². The fraction of sp³-hybridized carbons (Fsp3) is 0.348. The van der Waals surface area contributed by atoms with E-state index in [0.717, 1.165) is 22.3 Å². The van der Waals surface area contributed by atoms with Crippen molar-refractivity contribution in [2.24, 2.45) is 0 Å². The average molecular weight is 425 g/mol. The third-order valence-electron chi connectivity index (χ3n) is 5.15. The molecule has 0 unspecified atom stereocenters. The fourth-order valence-corrected chi connectivity index (χ4v) is 4.09. The van der Waals surface area contributed by atoms with Crippen LogP contribution in [0, 0.1) is 13.8 Å². The Kier molecular flexibility index (Phi) is 7.15. The van der Waals surface area contributed by atoms with Crippen LogP contribution < -0.4 is 5.32 Å². The molecule has 1 heterocycles. The SMILES string of the molecule is CCN(CC)C(=O)Cn1c(SCC(=O)Nc2ccc(C)c(C)c2)nc2ccccc21. The second kappa shape index (κ2) is 9.80. The number of hydrogen-bond acceptors (Lipinski definition) is 4. The van der Waals surface area contributed by atoms with E-state index in [4.69, 9.17) is 0 Å². The lowest BCUT2D eigenvalue weighted by molar-refractivity contribution is -0.131. The third kappa shape index (κ3) is 5.02. The number of amides is 2. The van der Waals surface area contributed by atoms with E-state index in [0.29, 0.717) is 18.2 Å². The van der Waals surface area contributed by atoms with E-state index >= 15 is 0 Å². The first-order valence-electron chi connectivity index (χ1n) is 10.2. The highest BCUT2D eigenvalue weighted by Gasteiger charge is 2.18. The molecule has 1 aromatic heterocycles. The molecule has 7 heteroatoms. The highest BCUT2D eigenvalue weighted by molar-refractivity contribution is 7.99. The van der Waals surface area contributed by atoms with Crippen LogP contribution in [0.15, 0.2) is 47.6 Å². The Morgan fingerprint density at radius 3 is 2.50 bits per heavy atom. The minimum absolute atomic E-state index is 0.0459. The molecule has 0 saturated carbocycles. The summed E-state index contributed by atoms with van der Waals surface area (Å²) in [6.45, 7) is 9.56. The number of aromatic nitrogens is 2. The second-order valence-corrected chi connectivity index (χ2v) is 8.11. The zero-order valence-electron chi connectivity index (χ0n) is 17.9. The molecular formula is C23H28N4O2S. The Morgan fingerprint density at radius 1 is 1.07 bits per heavy atom. The number of aryl methyl sites for hydroxylation is 2. The summed E-state index contributed by atoms with van der Waals surface area (Å²) in [5.74, 6) is 0.164. The molecule has 0 atom stereocenters. The smallest absolute Gasteiger partial charge is 0.242 e. The Labute approximate surface area is 181 Å². The predicted molar refractivity (Wildman–Crippen MR) is 123 cm³/mol. The lowest BCUT2D eigenvalue weighted by Crippen LogP contribution is -2.33. The molecule has 3 aromatic rings. The first-order chi connectivity index (χ1) is 14.4. The van der Waals surface area contributed by atoms with Crippen LogP contribution in [0.3, 0.4) is 0 Å². The largest absolute Gasteiger partial charge is 0.342 e. The lowest BCUT2D eigenvalue weighted by atomic mass is 10.1. The highest BCUT2D eigenvalue weighted by Crippen LogP contribution is 2.25.